The van der Waals surface area contributed by atoms with Gasteiger partial charge < -0.3 is 14.7 Å². The van der Waals surface area contributed by atoms with E-state index >= 15 is 0 Å². The maximum absolute atomic E-state index is 12.8. The van der Waals surface area contributed by atoms with Crippen LogP contribution in [0.5, 0.6) is 5.75 Å². The first-order chi connectivity index (χ1) is 17.5. The zero-order chi connectivity index (χ0) is 27.2. The number of amidine groups is 1. The van der Waals surface area contributed by atoms with Gasteiger partial charge in [0.25, 0.3) is 0 Å². The number of carbonyl (C=O) groups is 2. The van der Waals surface area contributed by atoms with Gasteiger partial charge in [-0.25, -0.2) is 17.5 Å². The van der Waals surface area contributed by atoms with Gasteiger partial charge >= 0.3 is 6.09 Å². The largest absolute Gasteiger partial charge is 0.497 e. The first-order valence-corrected chi connectivity index (χ1v) is 13.5. The summed E-state index contributed by atoms with van der Waals surface area (Å²) >= 11 is 6.13. The Labute approximate surface area is 222 Å². The van der Waals surface area contributed by atoms with E-state index in [4.69, 9.17) is 16.3 Å². The zero-order valence-electron chi connectivity index (χ0n) is 21.1. The van der Waals surface area contributed by atoms with Gasteiger partial charge in [0.05, 0.1) is 25.2 Å². The Morgan fingerprint density at radius 3 is 2.46 bits per heavy atom. The van der Waals surface area contributed by atoms with Crippen molar-refractivity contribution in [3.05, 3.63) is 58.6 Å². The number of nitrogens with zero attached hydrogens (tertiary/aromatic N) is 4. The van der Waals surface area contributed by atoms with Crippen molar-refractivity contribution in [3.8, 4) is 5.75 Å². The van der Waals surface area contributed by atoms with Crippen molar-refractivity contribution < 1.29 is 27.9 Å². The van der Waals surface area contributed by atoms with E-state index in [1.54, 1.807) is 30.1 Å². The van der Waals surface area contributed by atoms with Crippen LogP contribution in [-0.4, -0.2) is 86.3 Å². The van der Waals surface area contributed by atoms with Crippen molar-refractivity contribution in [1.82, 2.24) is 14.1 Å². The Morgan fingerprint density at radius 2 is 1.84 bits per heavy atom. The molecule has 1 N–H and O–H groups in total. The standard InChI is InChI=1S/C25H31ClN4O6S/c1-28(17-18-7-9-19(10-8-18)24-27-13-15-30(24)25(32)33)23(31)6-4-5-14-29(2)37(34,35)22-12-11-20(36-3)16-21(22)26/h7-12,16H,4-6,13-15,17H2,1-3H3,(H,32,33). The fourth-order valence-electron chi connectivity index (χ4n) is 3.91. The number of sulfonamides is 1. The van der Waals surface area contributed by atoms with Crippen molar-refractivity contribution in [2.45, 2.75) is 30.7 Å². The van der Waals surface area contributed by atoms with E-state index in [-0.39, 0.29) is 28.8 Å². The van der Waals surface area contributed by atoms with Gasteiger partial charge in [-0.15, -0.1) is 0 Å². The third kappa shape index (κ3) is 7.00. The van der Waals surface area contributed by atoms with Crippen LogP contribution in [0, 0.1) is 0 Å². The molecule has 1 aliphatic heterocycles. The molecule has 0 saturated heterocycles. The number of rotatable bonds is 11. The number of amides is 2. The van der Waals surface area contributed by atoms with Gasteiger partial charge in [-0.3, -0.25) is 14.7 Å². The van der Waals surface area contributed by atoms with Crippen molar-refractivity contribution >= 4 is 39.5 Å². The summed E-state index contributed by atoms with van der Waals surface area (Å²) in [5.41, 5.74) is 1.62. The highest BCUT2D eigenvalue weighted by Gasteiger charge is 2.25. The Bertz CT molecular complexity index is 1270. The lowest BCUT2D eigenvalue weighted by molar-refractivity contribution is -0.130. The van der Waals surface area contributed by atoms with Gasteiger partial charge in [-0.05, 0) is 30.5 Å². The van der Waals surface area contributed by atoms with Crippen molar-refractivity contribution in [2.75, 3.05) is 40.8 Å². The van der Waals surface area contributed by atoms with Crippen LogP contribution < -0.4 is 4.74 Å². The lowest BCUT2D eigenvalue weighted by Crippen LogP contribution is -2.33. The van der Waals surface area contributed by atoms with Gasteiger partial charge in [-0.1, -0.05) is 35.9 Å². The summed E-state index contributed by atoms with van der Waals surface area (Å²) in [6.45, 7) is 1.44. The molecule has 200 valence electrons. The van der Waals surface area contributed by atoms with Crippen LogP contribution in [0.25, 0.3) is 0 Å². The summed E-state index contributed by atoms with van der Waals surface area (Å²) in [5, 5.41) is 9.37. The van der Waals surface area contributed by atoms with Gasteiger partial charge in [0, 0.05) is 45.2 Å². The molecule has 12 heteroatoms. The van der Waals surface area contributed by atoms with E-state index in [0.717, 1.165) is 5.56 Å². The molecule has 1 aliphatic rings. The molecule has 0 radical (unpaired) electrons. The number of halogens is 1. The van der Waals surface area contributed by atoms with E-state index < -0.39 is 16.1 Å². The monoisotopic (exact) mass is 550 g/mol. The van der Waals surface area contributed by atoms with Gasteiger partial charge in [-0.2, -0.15) is 0 Å². The molecule has 10 nitrogen and oxygen atoms in total. The van der Waals surface area contributed by atoms with E-state index in [2.05, 4.69) is 4.99 Å². The smallest absolute Gasteiger partial charge is 0.413 e. The molecule has 0 fully saturated rings. The van der Waals surface area contributed by atoms with E-state index in [9.17, 15) is 23.1 Å². The number of methoxy groups -OCH3 is 1. The summed E-state index contributed by atoms with van der Waals surface area (Å²) in [7, 11) is 0.912. The Morgan fingerprint density at radius 1 is 1.14 bits per heavy atom. The maximum atomic E-state index is 12.8. The summed E-state index contributed by atoms with van der Waals surface area (Å²) in [6.07, 6.45) is 0.304. The highest BCUT2D eigenvalue weighted by molar-refractivity contribution is 7.89. The molecule has 0 aromatic heterocycles. The first-order valence-electron chi connectivity index (χ1n) is 11.7. The van der Waals surface area contributed by atoms with Crippen molar-refractivity contribution in [3.63, 3.8) is 0 Å². The Kier molecular flexibility index (Phi) is 9.52. The molecule has 0 bridgehead atoms. The predicted molar refractivity (Wildman–Crippen MR) is 141 cm³/mol. The SMILES string of the molecule is COc1ccc(S(=O)(=O)N(C)CCCCC(=O)N(C)Cc2ccc(C3=NCCN3C(=O)O)cc2)c(Cl)c1. The van der Waals surface area contributed by atoms with Gasteiger partial charge in [0.1, 0.15) is 16.5 Å². The van der Waals surface area contributed by atoms with Gasteiger partial charge in [0.2, 0.25) is 15.9 Å². The Hall–Kier alpha value is -3.15. The molecule has 0 saturated carbocycles. The van der Waals surface area contributed by atoms with E-state index in [1.165, 1.54) is 35.5 Å². The minimum atomic E-state index is -3.76. The maximum Gasteiger partial charge on any atom is 0.413 e. The molecule has 0 aliphatic carbocycles. The summed E-state index contributed by atoms with van der Waals surface area (Å²) in [4.78, 5) is 31.0. The summed E-state index contributed by atoms with van der Waals surface area (Å²) in [6, 6.07) is 11.7. The molecule has 0 atom stereocenters. The minimum absolute atomic E-state index is 0.00923. The number of aliphatic imine (C=N–C) groups is 1. The quantitative estimate of drug-likeness (QED) is 0.427. The van der Waals surface area contributed by atoms with Crippen LogP contribution in [0.2, 0.25) is 5.02 Å². The first kappa shape index (κ1) is 28.4. The topological polar surface area (TPSA) is 120 Å². The summed E-state index contributed by atoms with van der Waals surface area (Å²) in [5.74, 6) is 0.855. The molecule has 0 unspecified atom stereocenters. The highest BCUT2D eigenvalue weighted by atomic mass is 35.5. The second-order valence-electron chi connectivity index (χ2n) is 8.67. The number of ether oxygens (including phenoxy) is 1. The zero-order valence-corrected chi connectivity index (χ0v) is 22.6. The normalized spacial score (nSPS) is 13.5. The average molecular weight is 551 g/mol. The lowest BCUT2D eigenvalue weighted by atomic mass is 10.1. The van der Waals surface area contributed by atoms with Crippen molar-refractivity contribution in [2.24, 2.45) is 4.99 Å². The van der Waals surface area contributed by atoms with Gasteiger partial charge in [0.15, 0.2) is 0 Å². The number of carbonyl (C=O) groups excluding carboxylic acids is 1. The number of benzene rings is 2. The number of unbranched alkanes of at least 4 members (excludes halogenated alkanes) is 1. The van der Waals surface area contributed by atoms with Crippen LogP contribution >= 0.6 is 11.6 Å². The molecule has 2 amide bonds. The molecule has 37 heavy (non-hydrogen) atoms. The average Bonchev–Trinajstić information content (AvgIpc) is 3.37. The second kappa shape index (κ2) is 12.4. The fraction of sp³-hybridized carbons (Fsp3) is 0.400. The van der Waals surface area contributed by atoms with Crippen LogP contribution in [0.15, 0.2) is 52.4 Å². The Balaban J connectivity index is 1.46. The molecule has 1 heterocycles. The number of carboxylic acid groups (broad SMARTS) is 1. The number of hydrogen-bond donors (Lipinski definition) is 1. The molecule has 2 aromatic rings. The molecule has 3 rings (SSSR count). The van der Waals surface area contributed by atoms with E-state index in [1.807, 2.05) is 12.1 Å². The summed E-state index contributed by atoms with van der Waals surface area (Å²) < 4.78 is 32.0. The molecule has 2 aromatic carbocycles. The fourth-order valence-corrected chi connectivity index (χ4v) is 5.62. The molecular weight excluding hydrogens is 520 g/mol. The minimum Gasteiger partial charge on any atom is -0.497 e. The third-order valence-electron chi connectivity index (χ3n) is 6.07. The highest BCUT2D eigenvalue weighted by Crippen LogP contribution is 2.28. The molecule has 0 spiro atoms. The number of hydrogen-bond acceptors (Lipinski definition) is 6. The lowest BCUT2D eigenvalue weighted by Gasteiger charge is -2.20. The van der Waals surface area contributed by atoms with Crippen LogP contribution in [0.1, 0.15) is 30.4 Å². The van der Waals surface area contributed by atoms with Crippen LogP contribution in [0.4, 0.5) is 4.79 Å². The second-order valence-corrected chi connectivity index (χ2v) is 11.1. The predicted octanol–water partition coefficient (Wildman–Crippen LogP) is 3.54. The molecular formula is C25H31ClN4O6S. The van der Waals surface area contributed by atoms with Crippen LogP contribution in [-0.2, 0) is 21.4 Å². The van der Waals surface area contributed by atoms with E-state index in [0.29, 0.717) is 49.6 Å². The van der Waals surface area contributed by atoms with Crippen LogP contribution in [0.3, 0.4) is 0 Å². The van der Waals surface area contributed by atoms with Crippen molar-refractivity contribution in [1.29, 1.82) is 0 Å². The third-order valence-corrected chi connectivity index (χ3v) is 8.41.